The van der Waals surface area contributed by atoms with Crippen molar-refractivity contribution in [2.24, 2.45) is 5.73 Å². The molecule has 2 N–H and O–H groups in total. The minimum absolute atomic E-state index is 0.199. The Morgan fingerprint density at radius 3 is 1.90 bits per heavy atom. The van der Waals surface area contributed by atoms with Crippen LogP contribution in [0.3, 0.4) is 0 Å². The van der Waals surface area contributed by atoms with Gasteiger partial charge in [0.05, 0.1) is 0 Å². The average molecular weight is 311 g/mol. The third kappa shape index (κ3) is 5.52. The van der Waals surface area contributed by atoms with Gasteiger partial charge in [-0.05, 0) is 45.7 Å². The summed E-state index contributed by atoms with van der Waals surface area (Å²) in [6.45, 7) is 8.37. The van der Waals surface area contributed by atoms with E-state index < -0.39 is 8.80 Å². The normalized spacial score (nSPS) is 13.3. The summed E-state index contributed by atoms with van der Waals surface area (Å²) in [5, 5.41) is 0. The van der Waals surface area contributed by atoms with Crippen LogP contribution in [0.1, 0.15) is 32.8 Å². The molecular formula is C16H29NO3Si. The standard InChI is InChI=1S/C16H29NO3Si/c1-4-18-21(19-5-2,20-6-3)16(12-13-17)14-15-10-8-7-9-11-15/h7-11,16H,4-6,12-14,17H2,1-3H3. The van der Waals surface area contributed by atoms with Crippen LogP contribution in [-0.2, 0) is 19.7 Å². The van der Waals surface area contributed by atoms with Gasteiger partial charge in [0.2, 0.25) is 0 Å². The first kappa shape index (κ1) is 18.3. The van der Waals surface area contributed by atoms with E-state index >= 15 is 0 Å². The summed E-state index contributed by atoms with van der Waals surface area (Å²) in [5.74, 6) is 0. The quantitative estimate of drug-likeness (QED) is 0.638. The molecule has 0 aliphatic rings. The molecule has 1 aromatic rings. The van der Waals surface area contributed by atoms with Crippen LogP contribution in [0, 0.1) is 0 Å². The lowest BCUT2D eigenvalue weighted by Gasteiger charge is -2.35. The van der Waals surface area contributed by atoms with Crippen LogP contribution in [-0.4, -0.2) is 35.2 Å². The lowest BCUT2D eigenvalue weighted by Crippen LogP contribution is -2.51. The van der Waals surface area contributed by atoms with E-state index in [0.717, 1.165) is 12.8 Å². The topological polar surface area (TPSA) is 53.7 Å². The molecule has 120 valence electrons. The molecule has 1 unspecified atom stereocenters. The van der Waals surface area contributed by atoms with Gasteiger partial charge in [0.25, 0.3) is 0 Å². The van der Waals surface area contributed by atoms with Gasteiger partial charge in [-0.2, -0.15) is 0 Å². The highest BCUT2D eigenvalue weighted by molar-refractivity contribution is 6.62. The Balaban J connectivity index is 2.99. The van der Waals surface area contributed by atoms with Crippen molar-refractivity contribution in [3.8, 4) is 0 Å². The smallest absolute Gasteiger partial charge is 0.374 e. The zero-order valence-electron chi connectivity index (χ0n) is 13.5. The molecule has 0 aliphatic carbocycles. The maximum Gasteiger partial charge on any atom is 0.504 e. The highest BCUT2D eigenvalue weighted by atomic mass is 28.4. The van der Waals surface area contributed by atoms with Crippen molar-refractivity contribution < 1.29 is 13.3 Å². The fourth-order valence-corrected chi connectivity index (χ4v) is 5.76. The zero-order valence-corrected chi connectivity index (χ0v) is 14.5. The van der Waals surface area contributed by atoms with E-state index in [-0.39, 0.29) is 5.54 Å². The van der Waals surface area contributed by atoms with Crippen LogP contribution in [0.5, 0.6) is 0 Å². The van der Waals surface area contributed by atoms with Crippen LogP contribution in [0.4, 0.5) is 0 Å². The van der Waals surface area contributed by atoms with E-state index in [0.29, 0.717) is 26.4 Å². The molecule has 0 saturated heterocycles. The summed E-state index contributed by atoms with van der Waals surface area (Å²) in [6, 6.07) is 10.4. The van der Waals surface area contributed by atoms with Crippen LogP contribution < -0.4 is 5.73 Å². The summed E-state index contributed by atoms with van der Waals surface area (Å²) in [6.07, 6.45) is 1.73. The number of nitrogens with two attached hydrogens (primary N) is 1. The van der Waals surface area contributed by atoms with Gasteiger partial charge in [-0.1, -0.05) is 30.3 Å². The van der Waals surface area contributed by atoms with E-state index in [9.17, 15) is 0 Å². The molecule has 0 radical (unpaired) electrons. The highest BCUT2D eigenvalue weighted by Gasteiger charge is 2.48. The molecule has 0 aromatic heterocycles. The Labute approximate surface area is 130 Å². The summed E-state index contributed by atoms with van der Waals surface area (Å²) in [7, 11) is -2.71. The summed E-state index contributed by atoms with van der Waals surface area (Å²) in [5.41, 5.74) is 7.29. The van der Waals surface area contributed by atoms with Crippen molar-refractivity contribution in [1.29, 1.82) is 0 Å². The van der Waals surface area contributed by atoms with Gasteiger partial charge in [-0.15, -0.1) is 0 Å². The van der Waals surface area contributed by atoms with Gasteiger partial charge in [0.1, 0.15) is 0 Å². The first-order valence-corrected chi connectivity index (χ1v) is 9.68. The Morgan fingerprint density at radius 1 is 0.952 bits per heavy atom. The fraction of sp³-hybridized carbons (Fsp3) is 0.625. The molecule has 0 aliphatic heterocycles. The van der Waals surface area contributed by atoms with Crippen LogP contribution >= 0.6 is 0 Å². The third-order valence-electron chi connectivity index (χ3n) is 3.38. The molecule has 1 atom stereocenters. The molecular weight excluding hydrogens is 282 g/mol. The average Bonchev–Trinajstić information content (AvgIpc) is 2.48. The lowest BCUT2D eigenvalue weighted by atomic mass is 10.1. The number of hydrogen-bond donors (Lipinski definition) is 1. The van der Waals surface area contributed by atoms with Gasteiger partial charge in [-0.25, -0.2) is 0 Å². The van der Waals surface area contributed by atoms with Crippen molar-refractivity contribution >= 4 is 8.80 Å². The fourth-order valence-electron chi connectivity index (χ4n) is 2.59. The molecule has 0 heterocycles. The SMILES string of the molecule is CCO[Si](OCC)(OCC)C(CCN)Cc1ccccc1. The summed E-state index contributed by atoms with van der Waals surface area (Å²) >= 11 is 0. The van der Waals surface area contributed by atoms with Gasteiger partial charge in [0.15, 0.2) is 0 Å². The van der Waals surface area contributed by atoms with E-state index in [1.165, 1.54) is 5.56 Å². The molecule has 1 rings (SSSR count). The zero-order chi connectivity index (χ0) is 15.6. The minimum Gasteiger partial charge on any atom is -0.374 e. The molecule has 4 nitrogen and oxygen atoms in total. The number of hydrogen-bond acceptors (Lipinski definition) is 4. The first-order chi connectivity index (χ1) is 10.2. The Hall–Kier alpha value is -0.723. The van der Waals surface area contributed by atoms with Crippen molar-refractivity contribution in [3.63, 3.8) is 0 Å². The Bertz CT molecular complexity index is 358. The van der Waals surface area contributed by atoms with E-state index in [4.69, 9.17) is 19.0 Å². The van der Waals surface area contributed by atoms with E-state index in [1.54, 1.807) is 0 Å². The molecule has 0 amide bonds. The third-order valence-corrected chi connectivity index (χ3v) is 6.94. The van der Waals surface area contributed by atoms with Crippen LogP contribution in [0.15, 0.2) is 30.3 Å². The van der Waals surface area contributed by atoms with E-state index in [1.807, 2.05) is 26.8 Å². The second-order valence-electron chi connectivity index (χ2n) is 4.87. The van der Waals surface area contributed by atoms with Gasteiger partial charge >= 0.3 is 8.80 Å². The largest absolute Gasteiger partial charge is 0.504 e. The second kappa shape index (κ2) is 10.1. The monoisotopic (exact) mass is 311 g/mol. The van der Waals surface area contributed by atoms with Crippen molar-refractivity contribution in [2.75, 3.05) is 26.4 Å². The number of benzene rings is 1. The first-order valence-electron chi connectivity index (χ1n) is 7.88. The summed E-state index contributed by atoms with van der Waals surface area (Å²) < 4.78 is 18.1. The second-order valence-corrected chi connectivity index (χ2v) is 7.76. The molecule has 21 heavy (non-hydrogen) atoms. The van der Waals surface area contributed by atoms with Gasteiger partial charge < -0.3 is 19.0 Å². The molecule has 0 saturated carbocycles. The molecule has 5 heteroatoms. The highest BCUT2D eigenvalue weighted by Crippen LogP contribution is 2.32. The minimum atomic E-state index is -2.71. The summed E-state index contributed by atoms with van der Waals surface area (Å²) in [4.78, 5) is 0. The van der Waals surface area contributed by atoms with E-state index in [2.05, 4.69) is 24.3 Å². The van der Waals surface area contributed by atoms with Crippen LogP contribution in [0.25, 0.3) is 0 Å². The van der Waals surface area contributed by atoms with Crippen LogP contribution in [0.2, 0.25) is 5.54 Å². The van der Waals surface area contributed by atoms with Crippen molar-refractivity contribution in [3.05, 3.63) is 35.9 Å². The van der Waals surface area contributed by atoms with Gasteiger partial charge in [-0.3, -0.25) is 0 Å². The predicted molar refractivity (Wildman–Crippen MR) is 88.2 cm³/mol. The Kier molecular flexibility index (Phi) is 8.80. The number of rotatable bonds is 11. The molecule has 0 bridgehead atoms. The maximum absolute atomic E-state index is 6.04. The molecule has 1 aromatic carbocycles. The predicted octanol–water partition coefficient (Wildman–Crippen LogP) is 3.00. The van der Waals surface area contributed by atoms with Crippen molar-refractivity contribution in [2.45, 2.75) is 39.2 Å². The Morgan fingerprint density at radius 2 is 1.48 bits per heavy atom. The maximum atomic E-state index is 6.04. The van der Waals surface area contributed by atoms with Crippen molar-refractivity contribution in [1.82, 2.24) is 0 Å². The molecule has 0 fully saturated rings. The molecule has 0 spiro atoms. The lowest BCUT2D eigenvalue weighted by molar-refractivity contribution is 0.0598. The van der Waals surface area contributed by atoms with Gasteiger partial charge in [0, 0.05) is 25.4 Å².